The number of nitrogens with one attached hydrogen (secondary N) is 1. The second-order valence-corrected chi connectivity index (χ2v) is 8.75. The van der Waals surface area contributed by atoms with E-state index in [9.17, 15) is 9.18 Å². The molecule has 0 unspecified atom stereocenters. The molecule has 0 saturated heterocycles. The number of rotatable bonds is 6. The van der Waals surface area contributed by atoms with Crippen molar-refractivity contribution in [1.82, 2.24) is 30.3 Å². The van der Waals surface area contributed by atoms with Gasteiger partial charge in [0.25, 0.3) is 5.91 Å². The molecule has 0 bridgehead atoms. The molecule has 2 aromatic heterocycles. The Morgan fingerprint density at radius 1 is 1.13 bits per heavy atom. The van der Waals surface area contributed by atoms with Crippen molar-refractivity contribution in [3.8, 4) is 5.69 Å². The number of amides is 1. The molecule has 1 fully saturated rings. The van der Waals surface area contributed by atoms with E-state index in [4.69, 9.17) is 0 Å². The van der Waals surface area contributed by atoms with Gasteiger partial charge < -0.3 is 5.32 Å². The number of carbonyl (C=O) groups is 1. The molecular formula is C22H25FN6OS. The topological polar surface area (TPSA) is 85.6 Å². The van der Waals surface area contributed by atoms with Crippen molar-refractivity contribution in [3.63, 3.8) is 0 Å². The number of aryl methyl sites for hydroxylation is 2. The fourth-order valence-electron chi connectivity index (χ4n) is 3.79. The van der Waals surface area contributed by atoms with Gasteiger partial charge in [-0.05, 0) is 57.0 Å². The van der Waals surface area contributed by atoms with E-state index in [1.807, 2.05) is 19.9 Å². The first-order valence-corrected chi connectivity index (χ1v) is 11.4. The van der Waals surface area contributed by atoms with Gasteiger partial charge in [-0.2, -0.15) is 0 Å². The lowest BCUT2D eigenvalue weighted by molar-refractivity contribution is 0.0922. The lowest BCUT2D eigenvalue weighted by atomic mass is 9.95. The Balaban J connectivity index is 1.62. The van der Waals surface area contributed by atoms with Crippen molar-refractivity contribution in [2.24, 2.45) is 0 Å². The smallest absolute Gasteiger partial charge is 0.274 e. The summed E-state index contributed by atoms with van der Waals surface area (Å²) in [6, 6.07) is 8.05. The van der Waals surface area contributed by atoms with Crippen LogP contribution in [0.3, 0.4) is 0 Å². The van der Waals surface area contributed by atoms with Gasteiger partial charge >= 0.3 is 0 Å². The van der Waals surface area contributed by atoms with Crippen LogP contribution < -0.4 is 5.32 Å². The average molecular weight is 441 g/mol. The van der Waals surface area contributed by atoms with Crippen LogP contribution in [-0.4, -0.2) is 36.9 Å². The van der Waals surface area contributed by atoms with E-state index in [0.29, 0.717) is 22.3 Å². The molecule has 31 heavy (non-hydrogen) atoms. The number of benzene rings is 1. The van der Waals surface area contributed by atoms with Crippen molar-refractivity contribution in [3.05, 3.63) is 58.9 Å². The average Bonchev–Trinajstić information content (AvgIpc) is 3.17. The summed E-state index contributed by atoms with van der Waals surface area (Å²) in [5.41, 5.74) is 3.33. The van der Waals surface area contributed by atoms with Gasteiger partial charge in [-0.1, -0.05) is 36.2 Å². The van der Waals surface area contributed by atoms with Crippen LogP contribution in [-0.2, 0) is 5.75 Å². The number of hydrogen-bond acceptors (Lipinski definition) is 6. The summed E-state index contributed by atoms with van der Waals surface area (Å²) in [5, 5.41) is 12.1. The summed E-state index contributed by atoms with van der Waals surface area (Å²) < 4.78 is 15.0. The third-order valence-electron chi connectivity index (χ3n) is 5.29. The van der Waals surface area contributed by atoms with Crippen molar-refractivity contribution >= 4 is 17.7 Å². The molecule has 1 aliphatic rings. The minimum absolute atomic E-state index is 0.167. The Hall–Kier alpha value is -2.81. The zero-order chi connectivity index (χ0) is 21.8. The molecule has 1 amide bonds. The summed E-state index contributed by atoms with van der Waals surface area (Å²) in [5.74, 6) is -0.156. The minimum Gasteiger partial charge on any atom is -0.348 e. The summed E-state index contributed by atoms with van der Waals surface area (Å²) >= 11 is 1.42. The normalized spacial score (nSPS) is 14.5. The number of carbonyl (C=O) groups excluding carboxylic acids is 1. The molecule has 7 nitrogen and oxygen atoms in total. The number of halogens is 1. The number of nitrogens with zero attached hydrogens (tertiary/aromatic N) is 5. The van der Waals surface area contributed by atoms with Crippen LogP contribution >= 0.6 is 11.8 Å². The molecule has 1 N–H and O–H groups in total. The maximum Gasteiger partial charge on any atom is 0.274 e. The van der Waals surface area contributed by atoms with Crippen LogP contribution in [0.4, 0.5) is 4.39 Å². The number of aromatic nitrogens is 5. The van der Waals surface area contributed by atoms with E-state index in [1.165, 1.54) is 30.3 Å². The van der Waals surface area contributed by atoms with Gasteiger partial charge in [0.15, 0.2) is 10.9 Å². The second kappa shape index (κ2) is 9.55. The van der Waals surface area contributed by atoms with Gasteiger partial charge in [0.05, 0.1) is 11.4 Å². The number of thioether (sulfide) groups is 1. The van der Waals surface area contributed by atoms with Gasteiger partial charge in [0, 0.05) is 23.2 Å². The summed E-state index contributed by atoms with van der Waals surface area (Å²) in [6.07, 6.45) is 5.43. The van der Waals surface area contributed by atoms with Crippen LogP contribution in [0.15, 0.2) is 35.5 Å². The lowest BCUT2D eigenvalue weighted by Crippen LogP contribution is -2.36. The highest BCUT2D eigenvalue weighted by molar-refractivity contribution is 7.98. The number of hydrogen-bond donors (Lipinski definition) is 1. The standard InChI is InChI=1S/C22H25FN6OS/c1-14-12-15(2)25-22(24-14)31-13-19-20(21(30)26-17-6-4-3-5-7-17)27-28-29(19)18-10-8-16(23)9-11-18/h8-12,17H,3-7,13H2,1-2H3,(H,26,30). The Bertz CT molecular complexity index is 1040. The van der Waals surface area contributed by atoms with E-state index < -0.39 is 0 Å². The minimum atomic E-state index is -0.335. The molecule has 2 heterocycles. The molecule has 0 aliphatic heterocycles. The first kappa shape index (κ1) is 21.4. The van der Waals surface area contributed by atoms with E-state index >= 15 is 0 Å². The first-order chi connectivity index (χ1) is 15.0. The third-order valence-corrected chi connectivity index (χ3v) is 6.15. The molecule has 1 saturated carbocycles. The Labute approximate surface area is 184 Å². The zero-order valence-corrected chi connectivity index (χ0v) is 18.5. The molecule has 4 rings (SSSR count). The van der Waals surface area contributed by atoms with Gasteiger partial charge in [-0.3, -0.25) is 4.79 Å². The van der Waals surface area contributed by atoms with E-state index in [2.05, 4.69) is 25.6 Å². The summed E-state index contributed by atoms with van der Waals surface area (Å²) in [7, 11) is 0. The van der Waals surface area contributed by atoms with Crippen molar-refractivity contribution in [1.29, 1.82) is 0 Å². The van der Waals surface area contributed by atoms with Crippen LogP contribution in [0.5, 0.6) is 0 Å². The highest BCUT2D eigenvalue weighted by Crippen LogP contribution is 2.24. The molecule has 0 atom stereocenters. The largest absolute Gasteiger partial charge is 0.348 e. The quantitative estimate of drug-likeness (QED) is 0.457. The van der Waals surface area contributed by atoms with Crippen LogP contribution in [0.2, 0.25) is 0 Å². The van der Waals surface area contributed by atoms with Crippen molar-refractivity contribution in [2.75, 3.05) is 0 Å². The van der Waals surface area contributed by atoms with E-state index in [-0.39, 0.29) is 23.5 Å². The molecule has 9 heteroatoms. The predicted molar refractivity (Wildman–Crippen MR) is 117 cm³/mol. The van der Waals surface area contributed by atoms with Crippen molar-refractivity contribution < 1.29 is 9.18 Å². The summed E-state index contributed by atoms with van der Waals surface area (Å²) in [4.78, 5) is 22.0. The molecule has 3 aromatic rings. The highest BCUT2D eigenvalue weighted by Gasteiger charge is 2.24. The van der Waals surface area contributed by atoms with Crippen LogP contribution in [0, 0.1) is 19.7 Å². The Kier molecular flexibility index (Phi) is 6.60. The van der Waals surface area contributed by atoms with Gasteiger partial charge in [-0.25, -0.2) is 19.0 Å². The molecular weight excluding hydrogens is 415 g/mol. The Morgan fingerprint density at radius 2 is 1.81 bits per heavy atom. The molecule has 1 aromatic carbocycles. The first-order valence-electron chi connectivity index (χ1n) is 10.5. The van der Waals surface area contributed by atoms with Crippen LogP contribution in [0.1, 0.15) is 59.7 Å². The van der Waals surface area contributed by atoms with Gasteiger partial charge in [0.1, 0.15) is 5.82 Å². The SMILES string of the molecule is Cc1cc(C)nc(SCc2c(C(=O)NC3CCCCC3)nnn2-c2ccc(F)cc2)n1. The predicted octanol–water partition coefficient (Wildman–Crippen LogP) is 4.17. The maximum atomic E-state index is 13.4. The molecule has 1 aliphatic carbocycles. The second-order valence-electron chi connectivity index (χ2n) is 7.80. The monoisotopic (exact) mass is 440 g/mol. The Morgan fingerprint density at radius 3 is 2.48 bits per heavy atom. The van der Waals surface area contributed by atoms with Crippen LogP contribution in [0.25, 0.3) is 5.69 Å². The highest BCUT2D eigenvalue weighted by atomic mass is 32.2. The van der Waals surface area contributed by atoms with Crippen molar-refractivity contribution in [2.45, 2.75) is 62.9 Å². The van der Waals surface area contributed by atoms with E-state index in [1.54, 1.807) is 16.8 Å². The molecule has 0 spiro atoms. The summed E-state index contributed by atoms with van der Waals surface area (Å²) in [6.45, 7) is 3.85. The van der Waals surface area contributed by atoms with Gasteiger partial charge in [0.2, 0.25) is 0 Å². The van der Waals surface area contributed by atoms with E-state index in [0.717, 1.165) is 37.1 Å². The van der Waals surface area contributed by atoms with Gasteiger partial charge in [-0.15, -0.1) is 5.10 Å². The molecule has 162 valence electrons. The fraction of sp³-hybridized carbons (Fsp3) is 0.409. The lowest BCUT2D eigenvalue weighted by Gasteiger charge is -2.22. The fourth-order valence-corrected chi connectivity index (χ4v) is 4.73. The zero-order valence-electron chi connectivity index (χ0n) is 17.6. The maximum absolute atomic E-state index is 13.4. The molecule has 0 radical (unpaired) electrons. The third kappa shape index (κ3) is 5.28.